The first-order valence-electron chi connectivity index (χ1n) is 8.94. The van der Waals surface area contributed by atoms with E-state index >= 15 is 0 Å². The molecule has 0 unspecified atom stereocenters. The molecule has 21 heavy (non-hydrogen) atoms. The van der Waals surface area contributed by atoms with Crippen molar-refractivity contribution < 1.29 is 4.79 Å². The molecule has 0 aliphatic carbocycles. The maximum atomic E-state index is 12.3. The van der Waals surface area contributed by atoms with Gasteiger partial charge in [0.25, 0.3) is 0 Å². The maximum absolute atomic E-state index is 12.3. The number of amides is 1. The topological polar surface area (TPSA) is 46.3 Å². The van der Waals surface area contributed by atoms with Gasteiger partial charge in [-0.1, -0.05) is 66.2 Å². The molecule has 0 radical (unpaired) electrons. The third kappa shape index (κ3) is 10.8. The first-order chi connectivity index (χ1) is 9.96. The van der Waals surface area contributed by atoms with Gasteiger partial charge in [-0.3, -0.25) is 4.79 Å². The van der Waals surface area contributed by atoms with Gasteiger partial charge in [0.05, 0.1) is 0 Å². The fraction of sp³-hybridized carbons (Fsp3) is 0.944. The monoisotopic (exact) mass is 298 g/mol. The molecule has 0 heterocycles. The molecule has 0 aromatic rings. The molecule has 0 atom stereocenters. The highest BCUT2D eigenvalue weighted by Crippen LogP contribution is 2.17. The van der Waals surface area contributed by atoms with Crippen LogP contribution in [0.1, 0.15) is 85.5 Å². The lowest BCUT2D eigenvalue weighted by molar-refractivity contribution is -0.132. The predicted molar refractivity (Wildman–Crippen MR) is 92.3 cm³/mol. The molecule has 0 aromatic carbocycles. The van der Waals surface area contributed by atoms with E-state index in [0.717, 1.165) is 25.9 Å². The lowest BCUT2D eigenvalue weighted by atomic mass is 9.92. The van der Waals surface area contributed by atoms with E-state index in [0.29, 0.717) is 18.9 Å². The van der Waals surface area contributed by atoms with E-state index in [9.17, 15) is 4.79 Å². The fourth-order valence-corrected chi connectivity index (χ4v) is 2.53. The van der Waals surface area contributed by atoms with Crippen LogP contribution in [0.3, 0.4) is 0 Å². The maximum Gasteiger partial charge on any atom is 0.222 e. The van der Waals surface area contributed by atoms with E-state index in [2.05, 4.69) is 27.7 Å². The predicted octanol–water partition coefficient (Wildman–Crippen LogP) is 4.35. The van der Waals surface area contributed by atoms with Crippen LogP contribution in [0.15, 0.2) is 0 Å². The first-order valence-corrected chi connectivity index (χ1v) is 8.94. The van der Waals surface area contributed by atoms with Crippen LogP contribution in [0.2, 0.25) is 0 Å². The van der Waals surface area contributed by atoms with Crippen molar-refractivity contribution in [3.8, 4) is 0 Å². The number of rotatable bonds is 13. The Kier molecular flexibility index (Phi) is 11.7. The van der Waals surface area contributed by atoms with Crippen molar-refractivity contribution in [3.05, 3.63) is 0 Å². The van der Waals surface area contributed by atoms with Crippen molar-refractivity contribution in [2.75, 3.05) is 19.6 Å². The van der Waals surface area contributed by atoms with Crippen LogP contribution in [0.5, 0.6) is 0 Å². The molecule has 0 fully saturated rings. The zero-order valence-electron chi connectivity index (χ0n) is 14.9. The summed E-state index contributed by atoms with van der Waals surface area (Å²) in [6.07, 6.45) is 10.5. The largest absolute Gasteiger partial charge is 0.342 e. The van der Waals surface area contributed by atoms with Gasteiger partial charge in [-0.05, 0) is 24.8 Å². The SMILES string of the molecule is CCCCCCCCCC(=O)N(CCC)CC(C)(C)CN. The summed E-state index contributed by atoms with van der Waals surface area (Å²) in [6.45, 7) is 10.9. The smallest absolute Gasteiger partial charge is 0.222 e. The van der Waals surface area contributed by atoms with Crippen molar-refractivity contribution in [1.82, 2.24) is 4.90 Å². The molecule has 2 N–H and O–H groups in total. The Bertz CT molecular complexity index is 264. The quantitative estimate of drug-likeness (QED) is 0.514. The first kappa shape index (κ1) is 20.4. The normalized spacial score (nSPS) is 11.7. The molecule has 126 valence electrons. The lowest BCUT2D eigenvalue weighted by Crippen LogP contribution is -2.42. The van der Waals surface area contributed by atoms with E-state index in [4.69, 9.17) is 5.73 Å². The van der Waals surface area contributed by atoms with Crippen molar-refractivity contribution in [2.24, 2.45) is 11.1 Å². The molecule has 3 heteroatoms. The minimum atomic E-state index is 0.0188. The van der Waals surface area contributed by atoms with Crippen LogP contribution in [0.4, 0.5) is 0 Å². The third-order valence-corrected chi connectivity index (χ3v) is 4.01. The second-order valence-electron chi connectivity index (χ2n) is 7.05. The molecule has 0 spiro atoms. The molecular formula is C18H38N2O. The van der Waals surface area contributed by atoms with Gasteiger partial charge in [-0.25, -0.2) is 0 Å². The van der Waals surface area contributed by atoms with Crippen LogP contribution in [0.25, 0.3) is 0 Å². The average molecular weight is 299 g/mol. The van der Waals surface area contributed by atoms with Crippen molar-refractivity contribution >= 4 is 5.91 Å². The van der Waals surface area contributed by atoms with Gasteiger partial charge in [0.15, 0.2) is 0 Å². The van der Waals surface area contributed by atoms with Crippen LogP contribution >= 0.6 is 0 Å². The van der Waals surface area contributed by atoms with E-state index in [1.54, 1.807) is 0 Å². The summed E-state index contributed by atoms with van der Waals surface area (Å²) >= 11 is 0. The van der Waals surface area contributed by atoms with Crippen LogP contribution < -0.4 is 5.73 Å². The molecule has 0 saturated heterocycles. The summed E-state index contributed by atoms with van der Waals surface area (Å²) in [7, 11) is 0. The molecule has 3 nitrogen and oxygen atoms in total. The van der Waals surface area contributed by atoms with Crippen molar-refractivity contribution in [2.45, 2.75) is 85.5 Å². The number of nitrogens with two attached hydrogens (primary N) is 1. The molecule has 0 aliphatic heterocycles. The average Bonchev–Trinajstić information content (AvgIpc) is 2.45. The Balaban J connectivity index is 3.96. The van der Waals surface area contributed by atoms with E-state index in [-0.39, 0.29) is 5.41 Å². The Morgan fingerprint density at radius 1 is 0.952 bits per heavy atom. The molecule has 0 rings (SSSR count). The van der Waals surface area contributed by atoms with Gasteiger partial charge in [0.2, 0.25) is 5.91 Å². The third-order valence-electron chi connectivity index (χ3n) is 4.01. The minimum Gasteiger partial charge on any atom is -0.342 e. The van der Waals surface area contributed by atoms with Gasteiger partial charge >= 0.3 is 0 Å². The summed E-state index contributed by atoms with van der Waals surface area (Å²) in [6, 6.07) is 0. The zero-order chi connectivity index (χ0) is 16.1. The van der Waals surface area contributed by atoms with Gasteiger partial charge in [0, 0.05) is 19.5 Å². The van der Waals surface area contributed by atoms with E-state index in [1.807, 2.05) is 4.90 Å². The highest BCUT2D eigenvalue weighted by Gasteiger charge is 2.22. The highest BCUT2D eigenvalue weighted by molar-refractivity contribution is 5.76. The molecule has 0 saturated carbocycles. The molecule has 0 aliphatic rings. The van der Waals surface area contributed by atoms with Crippen LogP contribution in [-0.2, 0) is 4.79 Å². The second kappa shape index (κ2) is 12.0. The number of carbonyl (C=O) groups is 1. The second-order valence-corrected chi connectivity index (χ2v) is 7.05. The van der Waals surface area contributed by atoms with Gasteiger partial charge < -0.3 is 10.6 Å². The van der Waals surface area contributed by atoms with Gasteiger partial charge in [-0.2, -0.15) is 0 Å². The number of unbranched alkanes of at least 4 members (excludes halogenated alkanes) is 6. The minimum absolute atomic E-state index is 0.0188. The van der Waals surface area contributed by atoms with Gasteiger partial charge in [0.1, 0.15) is 0 Å². The Morgan fingerprint density at radius 3 is 2.05 bits per heavy atom. The highest BCUT2D eigenvalue weighted by atomic mass is 16.2. The van der Waals surface area contributed by atoms with Crippen LogP contribution in [-0.4, -0.2) is 30.4 Å². The summed E-state index contributed by atoms with van der Waals surface area (Å²) in [5.41, 5.74) is 5.81. The van der Waals surface area contributed by atoms with E-state index < -0.39 is 0 Å². The van der Waals surface area contributed by atoms with Crippen LogP contribution in [0, 0.1) is 5.41 Å². The molecular weight excluding hydrogens is 260 g/mol. The van der Waals surface area contributed by atoms with Crippen molar-refractivity contribution in [1.29, 1.82) is 0 Å². The summed E-state index contributed by atoms with van der Waals surface area (Å²) in [5, 5.41) is 0. The lowest BCUT2D eigenvalue weighted by Gasteiger charge is -2.31. The number of carbonyl (C=O) groups excluding carboxylic acids is 1. The summed E-state index contributed by atoms with van der Waals surface area (Å²) in [4.78, 5) is 14.4. The Labute approximate surface area is 132 Å². The summed E-state index contributed by atoms with van der Waals surface area (Å²) in [5.74, 6) is 0.312. The Hall–Kier alpha value is -0.570. The molecule has 0 bridgehead atoms. The van der Waals surface area contributed by atoms with Crippen molar-refractivity contribution in [3.63, 3.8) is 0 Å². The number of hydrogen-bond donors (Lipinski definition) is 1. The Morgan fingerprint density at radius 2 is 1.52 bits per heavy atom. The fourth-order valence-electron chi connectivity index (χ4n) is 2.53. The number of nitrogens with zero attached hydrogens (tertiary/aromatic N) is 1. The number of hydrogen-bond acceptors (Lipinski definition) is 2. The zero-order valence-corrected chi connectivity index (χ0v) is 14.9. The van der Waals surface area contributed by atoms with Gasteiger partial charge in [-0.15, -0.1) is 0 Å². The molecule has 1 amide bonds. The molecule has 0 aromatic heterocycles. The summed E-state index contributed by atoms with van der Waals surface area (Å²) < 4.78 is 0. The van der Waals surface area contributed by atoms with E-state index in [1.165, 1.54) is 38.5 Å². The standard InChI is InChI=1S/C18H38N2O/c1-5-7-8-9-10-11-12-13-17(21)20(14-6-2)16-18(3,4)15-19/h5-16,19H2,1-4H3.